The molecule has 4 heteroatoms. The predicted molar refractivity (Wildman–Crippen MR) is 76.8 cm³/mol. The highest BCUT2D eigenvalue weighted by atomic mass is 32.2. The highest BCUT2D eigenvalue weighted by Gasteiger charge is 2.12. The third kappa shape index (κ3) is 3.37. The molecule has 0 saturated carbocycles. The van der Waals surface area contributed by atoms with Crippen molar-refractivity contribution >= 4 is 17.7 Å². The summed E-state index contributed by atoms with van der Waals surface area (Å²) in [5.74, 6) is 1.87. The standard InChI is InChI=1S/C14H18N2OS/c1-2-6-18-7-5-16-14(17)11-3-4-12-9-15-10-13(12)8-11/h2-4,8,15H,1,5-7,9-10H2,(H,16,17). The Kier molecular flexibility index (Phi) is 4.84. The van der Waals surface area contributed by atoms with Gasteiger partial charge in [-0.3, -0.25) is 4.79 Å². The van der Waals surface area contributed by atoms with E-state index in [9.17, 15) is 4.79 Å². The molecule has 1 aliphatic heterocycles. The van der Waals surface area contributed by atoms with Crippen LogP contribution in [0.4, 0.5) is 0 Å². The van der Waals surface area contributed by atoms with E-state index in [1.54, 1.807) is 11.8 Å². The Labute approximate surface area is 112 Å². The van der Waals surface area contributed by atoms with Gasteiger partial charge in [0, 0.05) is 36.7 Å². The first-order valence-electron chi connectivity index (χ1n) is 6.10. The molecule has 0 radical (unpaired) electrons. The monoisotopic (exact) mass is 262 g/mol. The van der Waals surface area contributed by atoms with Crippen LogP contribution in [-0.4, -0.2) is 24.0 Å². The van der Waals surface area contributed by atoms with Crippen LogP contribution in [0.1, 0.15) is 21.5 Å². The molecule has 18 heavy (non-hydrogen) atoms. The van der Waals surface area contributed by atoms with Crippen LogP contribution in [0.3, 0.4) is 0 Å². The van der Waals surface area contributed by atoms with Crippen LogP contribution in [0, 0.1) is 0 Å². The lowest BCUT2D eigenvalue weighted by Gasteiger charge is -2.06. The average Bonchev–Trinajstić information content (AvgIpc) is 2.85. The largest absolute Gasteiger partial charge is 0.351 e. The number of carbonyl (C=O) groups is 1. The summed E-state index contributed by atoms with van der Waals surface area (Å²) in [5, 5.41) is 6.21. The zero-order valence-corrected chi connectivity index (χ0v) is 11.2. The molecule has 0 fully saturated rings. The van der Waals surface area contributed by atoms with Gasteiger partial charge in [-0.15, -0.1) is 6.58 Å². The summed E-state index contributed by atoms with van der Waals surface area (Å²) in [6.07, 6.45) is 1.87. The summed E-state index contributed by atoms with van der Waals surface area (Å²) >= 11 is 1.77. The molecule has 1 heterocycles. The first-order valence-corrected chi connectivity index (χ1v) is 7.26. The SMILES string of the molecule is C=CCSCCNC(=O)c1ccc2c(c1)CNC2. The minimum absolute atomic E-state index is 0.0175. The van der Waals surface area contributed by atoms with Gasteiger partial charge >= 0.3 is 0 Å². The lowest BCUT2D eigenvalue weighted by Crippen LogP contribution is -2.25. The fraction of sp³-hybridized carbons (Fsp3) is 0.357. The number of hydrogen-bond acceptors (Lipinski definition) is 3. The third-order valence-corrected chi connectivity index (χ3v) is 3.83. The highest BCUT2D eigenvalue weighted by molar-refractivity contribution is 7.99. The van der Waals surface area contributed by atoms with Crippen molar-refractivity contribution in [1.82, 2.24) is 10.6 Å². The Balaban J connectivity index is 1.83. The number of fused-ring (bicyclic) bond motifs is 1. The number of thioether (sulfide) groups is 1. The molecule has 3 nitrogen and oxygen atoms in total. The van der Waals surface area contributed by atoms with Gasteiger partial charge in [0.05, 0.1) is 0 Å². The predicted octanol–water partition coefficient (Wildman–Crippen LogP) is 1.94. The van der Waals surface area contributed by atoms with Gasteiger partial charge in [0.25, 0.3) is 5.91 Å². The van der Waals surface area contributed by atoms with Gasteiger partial charge in [0.15, 0.2) is 0 Å². The molecule has 1 aromatic carbocycles. The Morgan fingerprint density at radius 3 is 3.11 bits per heavy atom. The minimum atomic E-state index is 0.0175. The van der Waals surface area contributed by atoms with Crippen LogP contribution >= 0.6 is 11.8 Å². The van der Waals surface area contributed by atoms with E-state index in [1.807, 2.05) is 24.3 Å². The van der Waals surface area contributed by atoms with Crippen molar-refractivity contribution in [2.75, 3.05) is 18.1 Å². The molecular weight excluding hydrogens is 244 g/mol. The molecule has 0 aliphatic carbocycles. The smallest absolute Gasteiger partial charge is 0.251 e. The molecule has 0 bridgehead atoms. The molecule has 96 valence electrons. The topological polar surface area (TPSA) is 41.1 Å². The first-order chi connectivity index (χ1) is 8.81. The van der Waals surface area contributed by atoms with Crippen LogP contribution in [0.15, 0.2) is 30.9 Å². The summed E-state index contributed by atoms with van der Waals surface area (Å²) in [4.78, 5) is 11.9. The van der Waals surface area contributed by atoms with Crippen LogP contribution in [-0.2, 0) is 13.1 Å². The van der Waals surface area contributed by atoms with Gasteiger partial charge in [0.1, 0.15) is 0 Å². The average molecular weight is 262 g/mol. The molecule has 1 aliphatic rings. The lowest BCUT2D eigenvalue weighted by atomic mass is 10.1. The Hall–Kier alpha value is -1.26. The summed E-state index contributed by atoms with van der Waals surface area (Å²) in [7, 11) is 0. The number of carbonyl (C=O) groups excluding carboxylic acids is 1. The van der Waals surface area contributed by atoms with Crippen molar-refractivity contribution in [1.29, 1.82) is 0 Å². The van der Waals surface area contributed by atoms with E-state index in [-0.39, 0.29) is 5.91 Å². The molecule has 0 aromatic heterocycles. The van der Waals surface area contributed by atoms with Crippen molar-refractivity contribution < 1.29 is 4.79 Å². The maximum atomic E-state index is 11.9. The molecule has 1 amide bonds. The molecule has 0 saturated heterocycles. The zero-order chi connectivity index (χ0) is 12.8. The van der Waals surface area contributed by atoms with Gasteiger partial charge in [-0.2, -0.15) is 11.8 Å². The quantitative estimate of drug-likeness (QED) is 0.608. The maximum Gasteiger partial charge on any atom is 0.251 e. The van der Waals surface area contributed by atoms with E-state index >= 15 is 0 Å². The first kappa shape index (κ1) is 13.2. The second kappa shape index (κ2) is 6.61. The lowest BCUT2D eigenvalue weighted by molar-refractivity contribution is 0.0956. The molecule has 2 N–H and O–H groups in total. The highest BCUT2D eigenvalue weighted by Crippen LogP contribution is 2.16. The van der Waals surface area contributed by atoms with Crippen molar-refractivity contribution in [3.05, 3.63) is 47.5 Å². The summed E-state index contributed by atoms with van der Waals surface area (Å²) < 4.78 is 0. The molecule has 0 spiro atoms. The van der Waals surface area contributed by atoms with E-state index in [0.717, 1.165) is 30.2 Å². The van der Waals surface area contributed by atoms with E-state index in [2.05, 4.69) is 17.2 Å². The second-order valence-electron chi connectivity index (χ2n) is 4.21. The van der Waals surface area contributed by atoms with Crippen molar-refractivity contribution in [2.24, 2.45) is 0 Å². The second-order valence-corrected chi connectivity index (χ2v) is 5.36. The van der Waals surface area contributed by atoms with Crippen molar-refractivity contribution in [2.45, 2.75) is 13.1 Å². The number of rotatable bonds is 6. The zero-order valence-electron chi connectivity index (χ0n) is 10.4. The van der Waals surface area contributed by atoms with Crippen LogP contribution in [0.2, 0.25) is 0 Å². The van der Waals surface area contributed by atoms with Gasteiger partial charge in [-0.25, -0.2) is 0 Å². The van der Waals surface area contributed by atoms with Crippen LogP contribution in [0.25, 0.3) is 0 Å². The van der Waals surface area contributed by atoms with Crippen LogP contribution < -0.4 is 10.6 Å². The van der Waals surface area contributed by atoms with E-state index < -0.39 is 0 Å². The number of benzene rings is 1. The third-order valence-electron chi connectivity index (χ3n) is 2.87. The fourth-order valence-electron chi connectivity index (χ4n) is 1.94. The number of nitrogens with one attached hydrogen (secondary N) is 2. The van der Waals surface area contributed by atoms with Gasteiger partial charge in [-0.05, 0) is 23.3 Å². The Bertz CT molecular complexity index is 445. The van der Waals surface area contributed by atoms with Gasteiger partial charge < -0.3 is 10.6 Å². The Morgan fingerprint density at radius 1 is 1.44 bits per heavy atom. The van der Waals surface area contributed by atoms with Crippen molar-refractivity contribution in [3.8, 4) is 0 Å². The Morgan fingerprint density at radius 2 is 2.28 bits per heavy atom. The molecule has 2 rings (SSSR count). The van der Waals surface area contributed by atoms with Gasteiger partial charge in [0.2, 0.25) is 0 Å². The molecule has 0 unspecified atom stereocenters. The fourth-order valence-corrected chi connectivity index (χ4v) is 2.52. The van der Waals surface area contributed by atoms with E-state index in [4.69, 9.17) is 0 Å². The summed E-state index contributed by atoms with van der Waals surface area (Å²) in [6, 6.07) is 5.93. The maximum absolute atomic E-state index is 11.9. The van der Waals surface area contributed by atoms with Gasteiger partial charge in [-0.1, -0.05) is 12.1 Å². The van der Waals surface area contributed by atoms with Crippen molar-refractivity contribution in [3.63, 3.8) is 0 Å². The number of hydrogen-bond donors (Lipinski definition) is 2. The van der Waals surface area contributed by atoms with E-state index in [0.29, 0.717) is 6.54 Å². The normalized spacial score (nSPS) is 13.1. The minimum Gasteiger partial charge on any atom is -0.351 e. The summed E-state index contributed by atoms with van der Waals surface area (Å²) in [6.45, 7) is 6.14. The molecular formula is C14H18N2OS. The van der Waals surface area contributed by atoms with Crippen LogP contribution in [0.5, 0.6) is 0 Å². The molecule has 0 atom stereocenters. The molecule has 1 aromatic rings. The summed E-state index contributed by atoms with van der Waals surface area (Å²) in [5.41, 5.74) is 3.29. The number of amides is 1. The van der Waals surface area contributed by atoms with E-state index in [1.165, 1.54) is 11.1 Å².